The number of hydrogen-bond acceptors (Lipinski definition) is 2. The van der Waals surface area contributed by atoms with E-state index in [-0.39, 0.29) is 12.2 Å². The third kappa shape index (κ3) is 3.41. The van der Waals surface area contributed by atoms with Gasteiger partial charge in [0, 0.05) is 12.6 Å². The number of carbonyl (C=O) groups is 1. The van der Waals surface area contributed by atoms with Gasteiger partial charge in [-0.15, -0.1) is 0 Å². The van der Waals surface area contributed by atoms with Gasteiger partial charge in [0.15, 0.2) is 0 Å². The summed E-state index contributed by atoms with van der Waals surface area (Å²) in [5.74, 6) is -1.57. The van der Waals surface area contributed by atoms with E-state index in [0.29, 0.717) is 12.6 Å². The van der Waals surface area contributed by atoms with Crippen molar-refractivity contribution in [3.63, 3.8) is 0 Å². The molecular formula is C11H11F2N3O. The molecule has 0 heterocycles. The summed E-state index contributed by atoms with van der Waals surface area (Å²) in [7, 11) is 0. The summed E-state index contributed by atoms with van der Waals surface area (Å²) in [6.45, 7) is 1.92. The molecule has 17 heavy (non-hydrogen) atoms. The number of anilines is 1. The molecule has 2 amide bonds. The second-order valence-corrected chi connectivity index (χ2v) is 3.23. The van der Waals surface area contributed by atoms with E-state index < -0.39 is 17.7 Å². The van der Waals surface area contributed by atoms with Crippen molar-refractivity contribution in [3.05, 3.63) is 29.8 Å². The third-order valence-electron chi connectivity index (χ3n) is 2.10. The van der Waals surface area contributed by atoms with Gasteiger partial charge in [-0.05, 0) is 19.1 Å². The van der Waals surface area contributed by atoms with E-state index in [1.165, 1.54) is 4.90 Å². The Labute approximate surface area is 97.5 Å². The lowest BCUT2D eigenvalue weighted by Gasteiger charge is -2.18. The predicted molar refractivity (Wildman–Crippen MR) is 58.2 cm³/mol. The van der Waals surface area contributed by atoms with Gasteiger partial charge >= 0.3 is 6.03 Å². The number of nitrogens with one attached hydrogen (secondary N) is 1. The van der Waals surface area contributed by atoms with E-state index in [2.05, 4.69) is 5.32 Å². The Morgan fingerprint density at radius 1 is 1.53 bits per heavy atom. The highest BCUT2D eigenvalue weighted by Gasteiger charge is 2.13. The fourth-order valence-corrected chi connectivity index (χ4v) is 1.20. The molecule has 0 bridgehead atoms. The summed E-state index contributed by atoms with van der Waals surface area (Å²) in [5, 5.41) is 10.7. The van der Waals surface area contributed by atoms with Gasteiger partial charge in [0.25, 0.3) is 0 Å². The maximum Gasteiger partial charge on any atom is 0.322 e. The molecule has 0 aliphatic rings. The van der Waals surface area contributed by atoms with Crippen molar-refractivity contribution < 1.29 is 13.6 Å². The second-order valence-electron chi connectivity index (χ2n) is 3.23. The van der Waals surface area contributed by atoms with Gasteiger partial charge in [-0.25, -0.2) is 13.6 Å². The summed E-state index contributed by atoms with van der Waals surface area (Å²) >= 11 is 0. The highest BCUT2D eigenvalue weighted by atomic mass is 19.1. The molecular weight excluding hydrogens is 228 g/mol. The third-order valence-corrected chi connectivity index (χ3v) is 2.10. The molecule has 0 radical (unpaired) electrons. The van der Waals surface area contributed by atoms with E-state index in [1.807, 2.05) is 6.07 Å². The monoisotopic (exact) mass is 239 g/mol. The molecule has 1 N–H and O–H groups in total. The molecule has 0 unspecified atom stereocenters. The first kappa shape index (κ1) is 12.9. The zero-order valence-corrected chi connectivity index (χ0v) is 9.20. The molecule has 0 aliphatic heterocycles. The van der Waals surface area contributed by atoms with Crippen molar-refractivity contribution in [3.8, 4) is 6.07 Å². The number of carbonyl (C=O) groups excluding carboxylic acids is 1. The SMILES string of the molecule is CCN(CC#N)C(=O)Nc1ccc(F)cc1F. The lowest BCUT2D eigenvalue weighted by Crippen LogP contribution is -2.35. The predicted octanol–water partition coefficient (Wildman–Crippen LogP) is 2.34. The first-order chi connectivity index (χ1) is 8.08. The highest BCUT2D eigenvalue weighted by molar-refractivity contribution is 5.89. The van der Waals surface area contributed by atoms with Crippen LogP contribution in [0.3, 0.4) is 0 Å². The zero-order chi connectivity index (χ0) is 12.8. The van der Waals surface area contributed by atoms with Gasteiger partial charge in [0.2, 0.25) is 0 Å². The minimum atomic E-state index is -0.855. The lowest BCUT2D eigenvalue weighted by atomic mass is 10.3. The highest BCUT2D eigenvalue weighted by Crippen LogP contribution is 2.15. The summed E-state index contributed by atoms with van der Waals surface area (Å²) in [6, 6.07) is 4.07. The van der Waals surface area contributed by atoms with Gasteiger partial charge in [0.1, 0.15) is 18.2 Å². The molecule has 0 fully saturated rings. The van der Waals surface area contributed by atoms with Crippen LogP contribution >= 0.6 is 0 Å². The average molecular weight is 239 g/mol. The van der Waals surface area contributed by atoms with E-state index in [9.17, 15) is 13.6 Å². The van der Waals surface area contributed by atoms with Crippen LogP contribution in [-0.4, -0.2) is 24.0 Å². The first-order valence-electron chi connectivity index (χ1n) is 4.96. The number of nitriles is 1. The van der Waals surface area contributed by atoms with Gasteiger partial charge in [-0.2, -0.15) is 5.26 Å². The quantitative estimate of drug-likeness (QED) is 0.823. The molecule has 90 valence electrons. The van der Waals surface area contributed by atoms with Crippen LogP contribution in [0.25, 0.3) is 0 Å². The molecule has 1 rings (SSSR count). The lowest BCUT2D eigenvalue weighted by molar-refractivity contribution is 0.220. The molecule has 0 saturated carbocycles. The molecule has 1 aromatic rings. The maximum atomic E-state index is 13.2. The topological polar surface area (TPSA) is 56.1 Å². The summed E-state index contributed by atoms with van der Waals surface area (Å²) in [6.07, 6.45) is 0. The fourth-order valence-electron chi connectivity index (χ4n) is 1.20. The minimum absolute atomic E-state index is 0.0921. The molecule has 6 heteroatoms. The van der Waals surface area contributed by atoms with Gasteiger partial charge < -0.3 is 10.2 Å². The zero-order valence-electron chi connectivity index (χ0n) is 9.20. The minimum Gasteiger partial charge on any atom is -0.311 e. The number of amides is 2. The molecule has 0 aromatic heterocycles. The van der Waals surface area contributed by atoms with Gasteiger partial charge in [-0.1, -0.05) is 0 Å². The largest absolute Gasteiger partial charge is 0.322 e. The van der Waals surface area contributed by atoms with E-state index >= 15 is 0 Å². The van der Waals surface area contributed by atoms with Crippen LogP contribution in [0.1, 0.15) is 6.92 Å². The van der Waals surface area contributed by atoms with E-state index in [1.54, 1.807) is 6.92 Å². The number of urea groups is 1. The van der Waals surface area contributed by atoms with Crippen LogP contribution in [0.15, 0.2) is 18.2 Å². The van der Waals surface area contributed by atoms with Crippen LogP contribution in [0, 0.1) is 23.0 Å². The van der Waals surface area contributed by atoms with Crippen molar-refractivity contribution in [1.29, 1.82) is 5.26 Å². The maximum absolute atomic E-state index is 13.2. The van der Waals surface area contributed by atoms with E-state index in [4.69, 9.17) is 5.26 Å². The summed E-state index contributed by atoms with van der Waals surface area (Å²) in [4.78, 5) is 12.8. The number of hydrogen-bond donors (Lipinski definition) is 1. The Kier molecular flexibility index (Phi) is 4.40. The van der Waals surface area contributed by atoms with E-state index in [0.717, 1.165) is 12.1 Å². The van der Waals surface area contributed by atoms with Crippen molar-refractivity contribution in [2.75, 3.05) is 18.4 Å². The Hall–Kier alpha value is -2.16. The molecule has 0 saturated heterocycles. The van der Waals surface area contributed by atoms with Crippen LogP contribution < -0.4 is 5.32 Å². The van der Waals surface area contributed by atoms with Gasteiger partial charge in [-0.3, -0.25) is 0 Å². The standard InChI is InChI=1S/C11H11F2N3O/c1-2-16(6-5-14)11(17)15-10-4-3-8(12)7-9(10)13/h3-4,7H,2,6H2,1H3,(H,15,17). The summed E-state index contributed by atoms with van der Waals surface area (Å²) < 4.78 is 25.9. The number of halogens is 2. The number of nitrogens with zero attached hydrogens (tertiary/aromatic N) is 2. The molecule has 0 atom stereocenters. The van der Waals surface area contributed by atoms with Gasteiger partial charge in [0.05, 0.1) is 11.8 Å². The van der Waals surface area contributed by atoms with Crippen LogP contribution in [0.5, 0.6) is 0 Å². The number of benzene rings is 1. The Morgan fingerprint density at radius 3 is 2.76 bits per heavy atom. The Bertz CT molecular complexity index is 457. The average Bonchev–Trinajstić information content (AvgIpc) is 2.29. The first-order valence-corrected chi connectivity index (χ1v) is 4.96. The van der Waals surface area contributed by atoms with Crippen molar-refractivity contribution >= 4 is 11.7 Å². The molecule has 0 aliphatic carbocycles. The fraction of sp³-hybridized carbons (Fsp3) is 0.273. The molecule has 0 spiro atoms. The summed E-state index contributed by atoms with van der Waals surface area (Å²) in [5.41, 5.74) is -0.118. The molecule has 4 nitrogen and oxygen atoms in total. The normalized spacial score (nSPS) is 9.53. The number of rotatable bonds is 3. The van der Waals surface area contributed by atoms with Crippen molar-refractivity contribution in [2.45, 2.75) is 6.92 Å². The van der Waals surface area contributed by atoms with Crippen LogP contribution in [0.2, 0.25) is 0 Å². The van der Waals surface area contributed by atoms with Crippen molar-refractivity contribution in [1.82, 2.24) is 4.90 Å². The Balaban J connectivity index is 2.77. The smallest absolute Gasteiger partial charge is 0.311 e. The van der Waals surface area contributed by atoms with Crippen LogP contribution in [-0.2, 0) is 0 Å². The van der Waals surface area contributed by atoms with Crippen LogP contribution in [0.4, 0.5) is 19.3 Å². The van der Waals surface area contributed by atoms with Crippen molar-refractivity contribution in [2.24, 2.45) is 0 Å². The Morgan fingerprint density at radius 2 is 2.24 bits per heavy atom. The molecule has 1 aromatic carbocycles. The second kappa shape index (κ2) is 5.80.